The van der Waals surface area contributed by atoms with Crippen LogP contribution in [0.4, 0.5) is 11.4 Å². The minimum absolute atomic E-state index is 0.0384. The third-order valence-corrected chi connectivity index (χ3v) is 7.45. The van der Waals surface area contributed by atoms with Gasteiger partial charge >= 0.3 is 0 Å². The Labute approximate surface area is 191 Å². The van der Waals surface area contributed by atoms with Gasteiger partial charge in [0.2, 0.25) is 0 Å². The van der Waals surface area contributed by atoms with Gasteiger partial charge in [0.15, 0.2) is 0 Å². The van der Waals surface area contributed by atoms with E-state index in [1.807, 2.05) is 19.9 Å². The molecule has 3 N–H and O–H groups in total. The van der Waals surface area contributed by atoms with Crippen molar-refractivity contribution in [2.45, 2.75) is 18.1 Å². The average Bonchev–Trinajstić information content (AvgIpc) is 3.32. The van der Waals surface area contributed by atoms with Gasteiger partial charge in [0.25, 0.3) is 15.9 Å². The Hall–Kier alpha value is -3.37. The first-order valence-corrected chi connectivity index (χ1v) is 12.3. The Morgan fingerprint density at radius 1 is 1.12 bits per heavy atom. The van der Waals surface area contributed by atoms with Crippen molar-refractivity contribution in [3.63, 3.8) is 0 Å². The van der Waals surface area contributed by atoms with Gasteiger partial charge in [-0.25, -0.2) is 13.8 Å². The number of benzene rings is 2. The molecule has 8 nitrogen and oxygen atoms in total. The predicted octanol–water partition coefficient (Wildman–Crippen LogP) is 3.86. The normalized spacial score (nSPS) is 11.4. The second-order valence-corrected chi connectivity index (χ2v) is 9.55. The number of aromatic hydroxyl groups is 1. The number of hydrogen-bond acceptors (Lipinski definition) is 7. The molecule has 0 spiro atoms. The van der Waals surface area contributed by atoms with Crippen LogP contribution in [0.3, 0.4) is 0 Å². The van der Waals surface area contributed by atoms with E-state index in [9.17, 15) is 18.3 Å². The SMILES string of the molecule is CCN(CC)c1ccc(C=NNC(=O)c2ccccc2NS(=O)(=O)c2cccs2)c(O)c1. The molecule has 3 aromatic rings. The van der Waals surface area contributed by atoms with Crippen molar-refractivity contribution in [1.29, 1.82) is 0 Å². The Bertz CT molecular complexity index is 1200. The van der Waals surface area contributed by atoms with Crippen LogP contribution in [-0.4, -0.2) is 38.7 Å². The molecule has 0 aliphatic carbocycles. The van der Waals surface area contributed by atoms with E-state index in [0.717, 1.165) is 30.1 Å². The van der Waals surface area contributed by atoms with Crippen LogP contribution in [0.15, 0.2) is 69.3 Å². The summed E-state index contributed by atoms with van der Waals surface area (Å²) in [6, 6.07) is 14.6. The first-order valence-electron chi connectivity index (χ1n) is 9.92. The molecule has 1 amide bonds. The Morgan fingerprint density at radius 2 is 1.88 bits per heavy atom. The molecule has 0 saturated heterocycles. The van der Waals surface area contributed by atoms with E-state index in [-0.39, 0.29) is 21.2 Å². The maximum Gasteiger partial charge on any atom is 0.273 e. The molecule has 0 aliphatic heterocycles. The number of anilines is 2. The fraction of sp³-hybridized carbons (Fsp3) is 0.182. The van der Waals surface area contributed by atoms with E-state index >= 15 is 0 Å². The van der Waals surface area contributed by atoms with Gasteiger partial charge in [0.05, 0.1) is 17.5 Å². The molecule has 32 heavy (non-hydrogen) atoms. The van der Waals surface area contributed by atoms with E-state index in [1.54, 1.807) is 35.7 Å². The summed E-state index contributed by atoms with van der Waals surface area (Å²) in [6.45, 7) is 5.69. The Kier molecular flexibility index (Phi) is 7.49. The number of hydrogen-bond donors (Lipinski definition) is 3. The zero-order valence-electron chi connectivity index (χ0n) is 17.6. The topological polar surface area (TPSA) is 111 Å². The van der Waals surface area contributed by atoms with Gasteiger partial charge in [0, 0.05) is 30.4 Å². The number of amides is 1. The predicted molar refractivity (Wildman–Crippen MR) is 128 cm³/mol. The first kappa shape index (κ1) is 23.3. The smallest absolute Gasteiger partial charge is 0.273 e. The fourth-order valence-electron chi connectivity index (χ4n) is 3.03. The quantitative estimate of drug-likeness (QED) is 0.323. The van der Waals surface area contributed by atoms with Crippen molar-refractivity contribution in [3.8, 4) is 5.75 Å². The van der Waals surface area contributed by atoms with Crippen molar-refractivity contribution in [2.24, 2.45) is 5.10 Å². The van der Waals surface area contributed by atoms with E-state index in [1.165, 1.54) is 24.4 Å². The number of hydrazone groups is 1. The van der Waals surface area contributed by atoms with Crippen LogP contribution in [0.25, 0.3) is 0 Å². The summed E-state index contributed by atoms with van der Waals surface area (Å²) in [6.07, 6.45) is 1.33. The standard InChI is InChI=1S/C22H24N4O4S2/c1-3-26(4-2)17-12-11-16(20(27)14-17)15-23-24-22(28)18-8-5-6-9-19(18)25-32(29,30)21-10-7-13-31-21/h5-15,25,27H,3-4H2,1-2H3,(H,24,28). The van der Waals surface area contributed by atoms with Gasteiger partial charge in [-0.15, -0.1) is 11.3 Å². The van der Waals surface area contributed by atoms with Crippen LogP contribution in [0.2, 0.25) is 0 Å². The molecule has 0 fully saturated rings. The number of para-hydroxylation sites is 1. The third kappa shape index (κ3) is 5.45. The molecule has 1 aromatic heterocycles. The van der Waals surface area contributed by atoms with Crippen molar-refractivity contribution in [3.05, 3.63) is 71.1 Å². The highest BCUT2D eigenvalue weighted by Gasteiger charge is 2.19. The number of phenolic OH excluding ortho intramolecular Hbond substituents is 1. The van der Waals surface area contributed by atoms with Crippen LogP contribution >= 0.6 is 11.3 Å². The summed E-state index contributed by atoms with van der Waals surface area (Å²) in [5.41, 5.74) is 3.95. The Morgan fingerprint density at radius 3 is 2.53 bits per heavy atom. The van der Waals surface area contributed by atoms with E-state index in [2.05, 4.69) is 20.1 Å². The lowest BCUT2D eigenvalue weighted by Crippen LogP contribution is -2.22. The minimum Gasteiger partial charge on any atom is -0.507 e. The highest BCUT2D eigenvalue weighted by Crippen LogP contribution is 2.24. The van der Waals surface area contributed by atoms with Crippen LogP contribution in [0, 0.1) is 0 Å². The molecule has 0 saturated carbocycles. The molecule has 2 aromatic carbocycles. The van der Waals surface area contributed by atoms with E-state index in [0.29, 0.717) is 5.56 Å². The first-order chi connectivity index (χ1) is 15.4. The summed E-state index contributed by atoms with van der Waals surface area (Å²) < 4.78 is 27.6. The molecular formula is C22H24N4O4S2. The average molecular weight is 473 g/mol. The molecule has 0 unspecified atom stereocenters. The number of phenols is 1. The number of carbonyl (C=O) groups is 1. The largest absolute Gasteiger partial charge is 0.507 e. The maximum absolute atomic E-state index is 12.6. The number of sulfonamides is 1. The summed E-state index contributed by atoms with van der Waals surface area (Å²) in [5, 5.41) is 15.8. The van der Waals surface area contributed by atoms with E-state index < -0.39 is 15.9 Å². The Balaban J connectivity index is 1.73. The van der Waals surface area contributed by atoms with Crippen molar-refractivity contribution in [1.82, 2.24) is 5.43 Å². The highest BCUT2D eigenvalue weighted by atomic mass is 32.2. The lowest BCUT2D eigenvalue weighted by Gasteiger charge is -2.21. The van der Waals surface area contributed by atoms with Gasteiger partial charge < -0.3 is 10.0 Å². The third-order valence-electron chi connectivity index (χ3n) is 4.69. The molecule has 10 heteroatoms. The number of thiophene rings is 1. The van der Waals surface area contributed by atoms with Crippen molar-refractivity contribution < 1.29 is 18.3 Å². The van der Waals surface area contributed by atoms with Gasteiger partial charge in [0.1, 0.15) is 9.96 Å². The van der Waals surface area contributed by atoms with Gasteiger partial charge in [-0.2, -0.15) is 5.10 Å². The number of nitrogens with one attached hydrogen (secondary N) is 2. The molecule has 0 atom stereocenters. The van der Waals surface area contributed by atoms with Crippen molar-refractivity contribution >= 4 is 44.9 Å². The second kappa shape index (κ2) is 10.3. The zero-order valence-corrected chi connectivity index (χ0v) is 19.3. The fourth-order valence-corrected chi connectivity index (χ4v) is 5.10. The van der Waals surface area contributed by atoms with Crippen molar-refractivity contribution in [2.75, 3.05) is 22.7 Å². The van der Waals surface area contributed by atoms with Crippen LogP contribution in [0.1, 0.15) is 29.8 Å². The lowest BCUT2D eigenvalue weighted by atomic mass is 10.2. The molecule has 0 radical (unpaired) electrons. The van der Waals surface area contributed by atoms with Gasteiger partial charge in [-0.3, -0.25) is 9.52 Å². The molecule has 168 valence electrons. The number of rotatable bonds is 9. The zero-order chi connectivity index (χ0) is 23.1. The van der Waals surface area contributed by atoms with Gasteiger partial charge in [-0.1, -0.05) is 18.2 Å². The summed E-state index contributed by atoms with van der Waals surface area (Å²) in [5.74, 6) is -0.554. The molecule has 0 aliphatic rings. The molecule has 1 heterocycles. The maximum atomic E-state index is 12.6. The minimum atomic E-state index is -3.80. The summed E-state index contributed by atoms with van der Waals surface area (Å²) in [7, 11) is -3.80. The number of carbonyl (C=O) groups excluding carboxylic acids is 1. The second-order valence-electron chi connectivity index (χ2n) is 6.70. The van der Waals surface area contributed by atoms with Crippen LogP contribution < -0.4 is 15.0 Å². The summed E-state index contributed by atoms with van der Waals surface area (Å²) in [4.78, 5) is 14.7. The van der Waals surface area contributed by atoms with Crippen LogP contribution in [0.5, 0.6) is 5.75 Å². The highest BCUT2D eigenvalue weighted by molar-refractivity contribution is 7.94. The number of nitrogens with zero attached hydrogens (tertiary/aromatic N) is 2. The molecular weight excluding hydrogens is 448 g/mol. The molecule has 0 bridgehead atoms. The lowest BCUT2D eigenvalue weighted by molar-refractivity contribution is 0.0956. The van der Waals surface area contributed by atoms with E-state index in [4.69, 9.17) is 0 Å². The summed E-state index contributed by atoms with van der Waals surface area (Å²) >= 11 is 1.08. The van der Waals surface area contributed by atoms with Crippen LogP contribution in [-0.2, 0) is 10.0 Å². The van der Waals surface area contributed by atoms with Gasteiger partial charge in [-0.05, 0) is 49.6 Å². The molecule has 3 rings (SSSR count). The monoisotopic (exact) mass is 472 g/mol.